The minimum absolute atomic E-state index is 0.00819. The number of aryl methyl sites for hydroxylation is 1. The summed E-state index contributed by atoms with van der Waals surface area (Å²) in [5.74, 6) is -0.119. The van der Waals surface area contributed by atoms with Crippen molar-refractivity contribution in [2.24, 2.45) is 5.92 Å². The average Bonchev–Trinajstić information content (AvgIpc) is 3.27. The van der Waals surface area contributed by atoms with Gasteiger partial charge in [0, 0.05) is 30.3 Å². The summed E-state index contributed by atoms with van der Waals surface area (Å²) in [6.07, 6.45) is -0.384. The highest BCUT2D eigenvalue weighted by atomic mass is 19.4. The lowest BCUT2D eigenvalue weighted by Crippen LogP contribution is -2.55. The van der Waals surface area contributed by atoms with Gasteiger partial charge in [-0.25, -0.2) is 4.79 Å². The van der Waals surface area contributed by atoms with Gasteiger partial charge in [0.15, 0.2) is 0 Å². The lowest BCUT2D eigenvalue weighted by molar-refractivity contribution is -0.137. The molecule has 0 N–H and O–H groups in total. The number of Topliss-reactive ketones (excluding diaryl/α,β-unsaturated/α-hetero) is 1. The Morgan fingerprint density at radius 2 is 1.48 bits per heavy atom. The zero-order chi connectivity index (χ0) is 27.9. The molecule has 2 bridgehead atoms. The number of hydrogen-bond acceptors (Lipinski definition) is 3. The molecule has 7 heteroatoms. The number of fused-ring (bicyclic) bond motifs is 5. The van der Waals surface area contributed by atoms with E-state index in [0.717, 1.165) is 31.4 Å². The SMILES string of the molecule is O=C(CCc1cccc(C(F)(F)F)c1)C1CC2CCCC(C1)N2C(=O)OCC1c2ccccc2-c2ccccc21. The molecule has 208 valence electrons. The Hall–Kier alpha value is -3.61. The number of nitrogens with zero attached hydrogens (tertiary/aromatic N) is 1. The highest BCUT2D eigenvalue weighted by Crippen LogP contribution is 2.45. The van der Waals surface area contributed by atoms with Crippen molar-refractivity contribution in [3.63, 3.8) is 0 Å². The van der Waals surface area contributed by atoms with Crippen molar-refractivity contribution >= 4 is 11.9 Å². The van der Waals surface area contributed by atoms with E-state index in [0.29, 0.717) is 18.4 Å². The maximum absolute atomic E-state index is 13.4. The van der Waals surface area contributed by atoms with Crippen LogP contribution in [-0.4, -0.2) is 35.5 Å². The first-order valence-electron chi connectivity index (χ1n) is 14.1. The molecule has 2 aliphatic heterocycles. The maximum Gasteiger partial charge on any atom is 0.416 e. The lowest BCUT2D eigenvalue weighted by atomic mass is 9.76. The van der Waals surface area contributed by atoms with Crippen LogP contribution >= 0.6 is 0 Å². The van der Waals surface area contributed by atoms with Crippen LogP contribution in [0.3, 0.4) is 0 Å². The quantitative estimate of drug-likeness (QED) is 0.317. The maximum atomic E-state index is 13.4. The number of halogens is 3. The van der Waals surface area contributed by atoms with Crippen LogP contribution in [0.5, 0.6) is 0 Å². The molecule has 2 fully saturated rings. The van der Waals surface area contributed by atoms with Crippen LogP contribution in [0, 0.1) is 5.92 Å². The Kier molecular flexibility index (Phi) is 7.15. The first kappa shape index (κ1) is 26.6. The molecule has 0 aromatic heterocycles. The fourth-order valence-corrected chi connectivity index (χ4v) is 6.99. The third kappa shape index (κ3) is 5.14. The van der Waals surface area contributed by atoms with Gasteiger partial charge in [0.1, 0.15) is 12.4 Å². The van der Waals surface area contributed by atoms with Crippen LogP contribution in [0.1, 0.15) is 66.7 Å². The minimum atomic E-state index is -4.40. The monoisotopic (exact) mass is 547 g/mol. The number of hydrogen-bond donors (Lipinski definition) is 0. The smallest absolute Gasteiger partial charge is 0.416 e. The molecule has 2 atom stereocenters. The number of piperidine rings is 2. The number of carbonyl (C=O) groups excluding carboxylic acids is 2. The van der Waals surface area contributed by atoms with Crippen LogP contribution < -0.4 is 0 Å². The number of amides is 1. The molecule has 0 spiro atoms. The summed E-state index contributed by atoms with van der Waals surface area (Å²) in [5, 5.41) is 0. The van der Waals surface area contributed by atoms with E-state index in [1.807, 2.05) is 29.2 Å². The molecule has 2 unspecified atom stereocenters. The number of rotatable bonds is 6. The first-order valence-corrected chi connectivity index (χ1v) is 14.1. The number of ketones is 1. The molecule has 3 aromatic rings. The van der Waals surface area contributed by atoms with Crippen molar-refractivity contribution in [3.8, 4) is 11.1 Å². The zero-order valence-corrected chi connectivity index (χ0v) is 22.2. The van der Waals surface area contributed by atoms with Gasteiger partial charge in [-0.15, -0.1) is 0 Å². The molecule has 1 aliphatic carbocycles. The lowest BCUT2D eigenvalue weighted by Gasteiger charge is -2.47. The van der Waals surface area contributed by atoms with E-state index in [2.05, 4.69) is 24.3 Å². The minimum Gasteiger partial charge on any atom is -0.448 e. The molecule has 2 saturated heterocycles. The van der Waals surface area contributed by atoms with Crippen molar-refractivity contribution in [2.75, 3.05) is 6.61 Å². The Balaban J connectivity index is 1.08. The second kappa shape index (κ2) is 10.8. The van der Waals surface area contributed by atoms with Gasteiger partial charge in [0.05, 0.1) is 5.56 Å². The van der Waals surface area contributed by atoms with Crippen LogP contribution in [0.15, 0.2) is 72.8 Å². The molecule has 40 heavy (non-hydrogen) atoms. The van der Waals surface area contributed by atoms with Crippen molar-refractivity contribution in [3.05, 3.63) is 95.1 Å². The summed E-state index contributed by atoms with van der Waals surface area (Å²) in [7, 11) is 0. The molecule has 2 heterocycles. The van der Waals surface area contributed by atoms with E-state index < -0.39 is 11.7 Å². The van der Waals surface area contributed by atoms with Crippen LogP contribution in [-0.2, 0) is 22.1 Å². The van der Waals surface area contributed by atoms with Gasteiger partial charge in [-0.1, -0.05) is 66.7 Å². The van der Waals surface area contributed by atoms with Crippen molar-refractivity contribution in [1.82, 2.24) is 4.90 Å². The van der Waals surface area contributed by atoms with Crippen molar-refractivity contribution in [1.29, 1.82) is 0 Å². The molecular formula is C33H32F3NO3. The van der Waals surface area contributed by atoms with E-state index in [1.165, 1.54) is 28.3 Å². The van der Waals surface area contributed by atoms with Gasteiger partial charge < -0.3 is 9.64 Å². The second-order valence-corrected chi connectivity index (χ2v) is 11.3. The molecular weight excluding hydrogens is 515 g/mol. The van der Waals surface area contributed by atoms with E-state index >= 15 is 0 Å². The Morgan fingerprint density at radius 1 is 0.850 bits per heavy atom. The van der Waals surface area contributed by atoms with E-state index in [9.17, 15) is 22.8 Å². The summed E-state index contributed by atoms with van der Waals surface area (Å²) < 4.78 is 45.1. The summed E-state index contributed by atoms with van der Waals surface area (Å²) in [4.78, 5) is 28.4. The van der Waals surface area contributed by atoms with Crippen molar-refractivity contribution in [2.45, 2.75) is 69.1 Å². The number of carbonyl (C=O) groups is 2. The summed E-state index contributed by atoms with van der Waals surface area (Å²) >= 11 is 0. The number of alkyl halides is 3. The highest BCUT2D eigenvalue weighted by Gasteiger charge is 2.44. The third-order valence-electron chi connectivity index (χ3n) is 8.89. The largest absolute Gasteiger partial charge is 0.448 e. The van der Waals surface area contributed by atoms with E-state index in [1.54, 1.807) is 6.07 Å². The van der Waals surface area contributed by atoms with Gasteiger partial charge in [-0.05, 0) is 72.4 Å². The summed E-state index contributed by atoms with van der Waals surface area (Å²) in [6, 6.07) is 21.6. The van der Waals surface area contributed by atoms with Crippen LogP contribution in [0.25, 0.3) is 11.1 Å². The standard InChI is InChI=1S/C33H32F3NO3/c34-33(35,36)23-8-5-7-21(17-23)15-16-31(38)22-18-24-9-6-10-25(19-22)37(24)32(39)40-20-30-28-13-3-1-11-26(28)27-12-2-4-14-29(27)30/h1-5,7-8,11-14,17,22,24-25,30H,6,9-10,15-16,18-20H2. The first-order chi connectivity index (χ1) is 19.3. The predicted octanol–water partition coefficient (Wildman–Crippen LogP) is 7.79. The fourth-order valence-electron chi connectivity index (χ4n) is 6.99. The number of ether oxygens (including phenoxy) is 1. The van der Waals surface area contributed by atoms with Gasteiger partial charge in [-0.3, -0.25) is 4.79 Å². The normalized spacial score (nSPS) is 22.0. The predicted molar refractivity (Wildman–Crippen MR) is 146 cm³/mol. The Labute approximate surface area is 232 Å². The molecule has 4 nitrogen and oxygen atoms in total. The summed E-state index contributed by atoms with van der Waals surface area (Å²) in [5.41, 5.74) is 4.52. The average molecular weight is 548 g/mol. The molecule has 0 saturated carbocycles. The molecule has 3 aromatic carbocycles. The molecule has 1 amide bonds. The van der Waals surface area contributed by atoms with E-state index in [-0.39, 0.29) is 55.2 Å². The fraction of sp³-hybridized carbons (Fsp3) is 0.394. The topological polar surface area (TPSA) is 46.6 Å². The van der Waals surface area contributed by atoms with Crippen LogP contribution in [0.4, 0.5) is 18.0 Å². The Bertz CT molecular complexity index is 1360. The van der Waals surface area contributed by atoms with Crippen molar-refractivity contribution < 1.29 is 27.5 Å². The second-order valence-electron chi connectivity index (χ2n) is 11.3. The Morgan fingerprint density at radius 3 is 2.10 bits per heavy atom. The number of benzene rings is 3. The van der Waals surface area contributed by atoms with Gasteiger partial charge in [0.2, 0.25) is 0 Å². The molecule has 0 radical (unpaired) electrons. The highest BCUT2D eigenvalue weighted by molar-refractivity contribution is 5.82. The van der Waals surface area contributed by atoms with Gasteiger partial charge >= 0.3 is 12.3 Å². The molecule has 3 aliphatic rings. The van der Waals surface area contributed by atoms with Crippen LogP contribution in [0.2, 0.25) is 0 Å². The third-order valence-corrected chi connectivity index (χ3v) is 8.89. The summed E-state index contributed by atoms with van der Waals surface area (Å²) in [6.45, 7) is 0.266. The van der Waals surface area contributed by atoms with E-state index in [4.69, 9.17) is 4.74 Å². The zero-order valence-electron chi connectivity index (χ0n) is 22.2. The van der Waals surface area contributed by atoms with Gasteiger partial charge in [0.25, 0.3) is 0 Å². The molecule has 6 rings (SSSR count). The van der Waals surface area contributed by atoms with Gasteiger partial charge in [-0.2, -0.15) is 13.2 Å².